The molecule has 0 saturated heterocycles. The summed E-state index contributed by atoms with van der Waals surface area (Å²) in [5.41, 5.74) is 1.53. The molecule has 0 saturated carbocycles. The Bertz CT molecular complexity index is 592. The zero-order chi connectivity index (χ0) is 27.6. The SMILES string of the molecule is CCCCCCCCCCCCCC[N+](C)(C)C(CCCCCCCCCCCCC)Cc1ccccc1. The van der Waals surface area contributed by atoms with Gasteiger partial charge in [-0.3, -0.25) is 0 Å². The second-order valence-corrected chi connectivity index (χ2v) is 13.1. The van der Waals surface area contributed by atoms with Crippen molar-refractivity contribution in [3.05, 3.63) is 35.9 Å². The molecule has 1 rings (SSSR count). The van der Waals surface area contributed by atoms with Gasteiger partial charge in [0.1, 0.15) is 0 Å². The number of benzene rings is 1. The van der Waals surface area contributed by atoms with Crippen molar-refractivity contribution in [3.8, 4) is 0 Å². The van der Waals surface area contributed by atoms with Gasteiger partial charge in [0, 0.05) is 6.42 Å². The molecule has 0 aliphatic carbocycles. The lowest BCUT2D eigenvalue weighted by atomic mass is 9.96. The number of hydrogen-bond acceptors (Lipinski definition) is 0. The third kappa shape index (κ3) is 20.1. The van der Waals surface area contributed by atoms with E-state index in [1.165, 1.54) is 177 Å². The van der Waals surface area contributed by atoms with E-state index in [1.807, 2.05) is 0 Å². The van der Waals surface area contributed by atoms with Gasteiger partial charge in [0.2, 0.25) is 0 Å². The van der Waals surface area contributed by atoms with Crippen LogP contribution in [0.15, 0.2) is 30.3 Å². The largest absolute Gasteiger partial charge is 0.326 e. The molecule has 0 aliphatic heterocycles. The van der Waals surface area contributed by atoms with E-state index in [4.69, 9.17) is 0 Å². The Labute approximate surface area is 241 Å². The first kappa shape index (κ1) is 35.2. The van der Waals surface area contributed by atoms with Crippen LogP contribution in [0.4, 0.5) is 0 Å². The lowest BCUT2D eigenvalue weighted by Gasteiger charge is -2.39. The fourth-order valence-electron chi connectivity index (χ4n) is 6.17. The first-order valence-corrected chi connectivity index (χ1v) is 17.5. The summed E-state index contributed by atoms with van der Waals surface area (Å²) in [4.78, 5) is 0. The van der Waals surface area contributed by atoms with Crippen molar-refractivity contribution in [1.29, 1.82) is 0 Å². The predicted molar refractivity (Wildman–Crippen MR) is 173 cm³/mol. The molecule has 0 aromatic heterocycles. The van der Waals surface area contributed by atoms with Gasteiger partial charge in [0.25, 0.3) is 0 Å². The van der Waals surface area contributed by atoms with Gasteiger partial charge in [0.05, 0.1) is 26.7 Å². The van der Waals surface area contributed by atoms with Crippen LogP contribution in [0.1, 0.15) is 174 Å². The third-order valence-corrected chi connectivity index (χ3v) is 9.03. The van der Waals surface area contributed by atoms with Gasteiger partial charge >= 0.3 is 0 Å². The first-order chi connectivity index (χ1) is 18.6. The summed E-state index contributed by atoms with van der Waals surface area (Å²) >= 11 is 0. The van der Waals surface area contributed by atoms with Crippen molar-refractivity contribution in [3.63, 3.8) is 0 Å². The maximum atomic E-state index is 2.52. The highest BCUT2D eigenvalue weighted by molar-refractivity contribution is 5.15. The summed E-state index contributed by atoms with van der Waals surface area (Å²) in [6.45, 7) is 5.96. The van der Waals surface area contributed by atoms with Crippen molar-refractivity contribution in [2.45, 2.75) is 180 Å². The van der Waals surface area contributed by atoms with Crippen molar-refractivity contribution < 1.29 is 4.48 Å². The van der Waals surface area contributed by atoms with Crippen LogP contribution in [0.2, 0.25) is 0 Å². The number of likely N-dealkylation sites (N-methyl/N-ethyl adjacent to an activating group) is 1. The van der Waals surface area contributed by atoms with Gasteiger partial charge in [-0.05, 0) is 31.2 Å². The standard InChI is InChI=1S/C37H70N/c1-5-7-9-11-13-15-17-19-21-23-25-30-34-38(3,4)37(35-36-31-27-26-28-32-36)33-29-24-22-20-18-16-14-12-10-8-6-2/h26-28,31-32,37H,5-25,29-30,33-35H2,1-4H3/q+1. The van der Waals surface area contributed by atoms with Crippen molar-refractivity contribution in [2.75, 3.05) is 20.6 Å². The van der Waals surface area contributed by atoms with Crippen LogP contribution in [0.5, 0.6) is 0 Å². The highest BCUT2D eigenvalue weighted by Gasteiger charge is 2.27. The molecule has 1 aromatic carbocycles. The molecule has 0 bridgehead atoms. The molecule has 1 nitrogen and oxygen atoms in total. The Morgan fingerprint density at radius 3 is 1.26 bits per heavy atom. The van der Waals surface area contributed by atoms with Crippen molar-refractivity contribution >= 4 is 0 Å². The molecule has 0 amide bonds. The van der Waals surface area contributed by atoms with Crippen LogP contribution in [0.3, 0.4) is 0 Å². The molecule has 0 spiro atoms. The Morgan fingerprint density at radius 1 is 0.474 bits per heavy atom. The molecule has 0 N–H and O–H groups in total. The summed E-state index contributed by atoms with van der Waals surface area (Å²) in [5, 5.41) is 0. The van der Waals surface area contributed by atoms with Gasteiger partial charge in [0.15, 0.2) is 0 Å². The number of hydrogen-bond donors (Lipinski definition) is 0. The highest BCUT2D eigenvalue weighted by atomic mass is 15.3. The van der Waals surface area contributed by atoms with E-state index in [0.29, 0.717) is 0 Å². The Balaban J connectivity index is 2.24. The number of nitrogens with zero attached hydrogens (tertiary/aromatic N) is 1. The number of quaternary nitrogens is 1. The van der Waals surface area contributed by atoms with Gasteiger partial charge < -0.3 is 4.48 Å². The molecule has 1 unspecified atom stereocenters. The molecule has 0 radical (unpaired) electrons. The van der Waals surface area contributed by atoms with Crippen LogP contribution in [-0.2, 0) is 6.42 Å². The van der Waals surface area contributed by atoms with Gasteiger partial charge in [-0.25, -0.2) is 0 Å². The smallest absolute Gasteiger partial charge is 0.0927 e. The second-order valence-electron chi connectivity index (χ2n) is 13.1. The fourth-order valence-corrected chi connectivity index (χ4v) is 6.17. The van der Waals surface area contributed by atoms with Crippen LogP contribution in [-0.4, -0.2) is 31.2 Å². The normalized spacial score (nSPS) is 12.7. The van der Waals surface area contributed by atoms with Gasteiger partial charge in [-0.15, -0.1) is 0 Å². The molecule has 222 valence electrons. The summed E-state index contributed by atoms with van der Waals surface area (Å²) < 4.78 is 1.20. The van der Waals surface area contributed by atoms with Crippen molar-refractivity contribution in [2.24, 2.45) is 0 Å². The topological polar surface area (TPSA) is 0 Å². The maximum absolute atomic E-state index is 2.52. The molecular formula is C37H70N+. The molecule has 0 heterocycles. The quantitative estimate of drug-likeness (QED) is 0.0749. The lowest BCUT2D eigenvalue weighted by molar-refractivity contribution is -0.915. The Kier molecular flexibility index (Phi) is 23.3. The van der Waals surface area contributed by atoms with E-state index in [0.717, 1.165) is 6.04 Å². The summed E-state index contributed by atoms with van der Waals surface area (Å²) in [6.07, 6.45) is 35.7. The average Bonchev–Trinajstić information content (AvgIpc) is 2.92. The number of unbranched alkanes of at least 4 members (excludes halogenated alkanes) is 21. The van der Waals surface area contributed by atoms with Crippen LogP contribution >= 0.6 is 0 Å². The van der Waals surface area contributed by atoms with Gasteiger partial charge in [-0.2, -0.15) is 0 Å². The molecule has 38 heavy (non-hydrogen) atoms. The Hall–Kier alpha value is -0.820. The van der Waals surface area contributed by atoms with E-state index in [2.05, 4.69) is 58.3 Å². The minimum absolute atomic E-state index is 0.753. The Morgan fingerprint density at radius 2 is 0.842 bits per heavy atom. The average molecular weight is 529 g/mol. The maximum Gasteiger partial charge on any atom is 0.0927 e. The summed E-state index contributed by atoms with van der Waals surface area (Å²) in [7, 11) is 5.04. The van der Waals surface area contributed by atoms with E-state index < -0.39 is 0 Å². The third-order valence-electron chi connectivity index (χ3n) is 9.03. The highest BCUT2D eigenvalue weighted by Crippen LogP contribution is 2.22. The van der Waals surface area contributed by atoms with Gasteiger partial charge in [-0.1, -0.05) is 173 Å². The van der Waals surface area contributed by atoms with E-state index in [1.54, 1.807) is 0 Å². The minimum atomic E-state index is 0.753. The first-order valence-electron chi connectivity index (χ1n) is 17.5. The van der Waals surface area contributed by atoms with Crippen LogP contribution in [0, 0.1) is 0 Å². The molecule has 0 aliphatic rings. The van der Waals surface area contributed by atoms with Crippen LogP contribution in [0.25, 0.3) is 0 Å². The van der Waals surface area contributed by atoms with E-state index in [-0.39, 0.29) is 0 Å². The summed E-state index contributed by atoms with van der Waals surface area (Å²) in [5.74, 6) is 0. The second kappa shape index (κ2) is 25.2. The monoisotopic (exact) mass is 529 g/mol. The molecule has 1 atom stereocenters. The molecule has 1 heteroatoms. The summed E-state index contributed by atoms with van der Waals surface area (Å²) in [6, 6.07) is 12.0. The van der Waals surface area contributed by atoms with Crippen LogP contribution < -0.4 is 0 Å². The molecular weight excluding hydrogens is 458 g/mol. The molecule has 0 fully saturated rings. The predicted octanol–water partition coefficient (Wildman–Crippen LogP) is 12.1. The molecule has 1 aromatic rings. The van der Waals surface area contributed by atoms with Crippen molar-refractivity contribution in [1.82, 2.24) is 0 Å². The minimum Gasteiger partial charge on any atom is -0.326 e. The van der Waals surface area contributed by atoms with E-state index in [9.17, 15) is 0 Å². The lowest BCUT2D eigenvalue weighted by Crippen LogP contribution is -2.50. The number of rotatable bonds is 28. The zero-order valence-corrected chi connectivity index (χ0v) is 26.8. The zero-order valence-electron chi connectivity index (χ0n) is 26.8. The fraction of sp³-hybridized carbons (Fsp3) is 0.838. The van der Waals surface area contributed by atoms with E-state index >= 15 is 0 Å².